The SMILES string of the molecule is CCNC(=NCCc1cccc(OC)c1)N1CCC2(CCOC2)C1. The first-order valence-electron chi connectivity index (χ1n) is 8.99. The van der Waals surface area contributed by atoms with Gasteiger partial charge in [-0.3, -0.25) is 4.99 Å². The smallest absolute Gasteiger partial charge is 0.193 e. The predicted octanol–water partition coefficient (Wildman–Crippen LogP) is 2.32. The Hall–Kier alpha value is -1.75. The summed E-state index contributed by atoms with van der Waals surface area (Å²) in [5.41, 5.74) is 1.62. The van der Waals surface area contributed by atoms with Crippen molar-refractivity contribution in [2.75, 3.05) is 46.5 Å². The fourth-order valence-electron chi connectivity index (χ4n) is 3.63. The molecule has 132 valence electrons. The van der Waals surface area contributed by atoms with Gasteiger partial charge in [0.05, 0.1) is 13.7 Å². The molecule has 0 aromatic heterocycles. The molecule has 5 heteroatoms. The molecule has 5 nitrogen and oxygen atoms in total. The van der Waals surface area contributed by atoms with E-state index in [-0.39, 0.29) is 0 Å². The van der Waals surface area contributed by atoms with E-state index in [9.17, 15) is 0 Å². The van der Waals surface area contributed by atoms with Crippen LogP contribution in [-0.2, 0) is 11.2 Å². The number of hydrogen-bond acceptors (Lipinski definition) is 3. The molecule has 0 saturated carbocycles. The van der Waals surface area contributed by atoms with Gasteiger partial charge in [0, 0.05) is 38.2 Å². The van der Waals surface area contributed by atoms with Crippen LogP contribution in [-0.4, -0.2) is 57.4 Å². The van der Waals surface area contributed by atoms with E-state index in [1.165, 1.54) is 18.4 Å². The average molecular weight is 331 g/mol. The van der Waals surface area contributed by atoms with E-state index in [2.05, 4.69) is 29.3 Å². The van der Waals surface area contributed by atoms with Crippen LogP contribution in [0.1, 0.15) is 25.3 Å². The van der Waals surface area contributed by atoms with Gasteiger partial charge in [0.1, 0.15) is 5.75 Å². The van der Waals surface area contributed by atoms with E-state index in [0.29, 0.717) is 5.41 Å². The second-order valence-corrected chi connectivity index (χ2v) is 6.81. The van der Waals surface area contributed by atoms with E-state index < -0.39 is 0 Å². The molecule has 1 aromatic carbocycles. The summed E-state index contributed by atoms with van der Waals surface area (Å²) in [7, 11) is 1.70. The Morgan fingerprint density at radius 1 is 1.42 bits per heavy atom. The van der Waals surface area contributed by atoms with Gasteiger partial charge in [0.2, 0.25) is 0 Å². The van der Waals surface area contributed by atoms with Gasteiger partial charge in [0.25, 0.3) is 0 Å². The number of aliphatic imine (C=N–C) groups is 1. The zero-order valence-corrected chi connectivity index (χ0v) is 14.9. The number of likely N-dealkylation sites (tertiary alicyclic amines) is 1. The van der Waals surface area contributed by atoms with Gasteiger partial charge in [0.15, 0.2) is 5.96 Å². The number of nitrogens with zero attached hydrogens (tertiary/aromatic N) is 2. The topological polar surface area (TPSA) is 46.1 Å². The van der Waals surface area contributed by atoms with E-state index in [0.717, 1.165) is 57.5 Å². The first-order chi connectivity index (χ1) is 11.7. The van der Waals surface area contributed by atoms with Crippen molar-refractivity contribution in [1.82, 2.24) is 10.2 Å². The van der Waals surface area contributed by atoms with Gasteiger partial charge in [-0.05, 0) is 43.9 Å². The second kappa shape index (κ2) is 7.88. The number of hydrogen-bond donors (Lipinski definition) is 1. The van der Waals surface area contributed by atoms with Gasteiger partial charge < -0.3 is 19.7 Å². The van der Waals surface area contributed by atoms with Crippen molar-refractivity contribution in [3.63, 3.8) is 0 Å². The molecule has 3 rings (SSSR count). The lowest BCUT2D eigenvalue weighted by Gasteiger charge is -2.25. The molecule has 0 radical (unpaired) electrons. The largest absolute Gasteiger partial charge is 0.497 e. The monoisotopic (exact) mass is 331 g/mol. The summed E-state index contributed by atoms with van der Waals surface area (Å²) in [5, 5.41) is 3.45. The summed E-state index contributed by atoms with van der Waals surface area (Å²) < 4.78 is 10.9. The molecule has 1 atom stereocenters. The molecular formula is C19H29N3O2. The van der Waals surface area contributed by atoms with Crippen LogP contribution in [0.15, 0.2) is 29.3 Å². The minimum absolute atomic E-state index is 0.364. The molecule has 24 heavy (non-hydrogen) atoms. The fourth-order valence-corrected chi connectivity index (χ4v) is 3.63. The van der Waals surface area contributed by atoms with Gasteiger partial charge in [-0.15, -0.1) is 0 Å². The zero-order valence-electron chi connectivity index (χ0n) is 14.9. The molecule has 1 aromatic rings. The first-order valence-corrected chi connectivity index (χ1v) is 8.99. The molecule has 1 unspecified atom stereocenters. The van der Waals surface area contributed by atoms with Crippen LogP contribution in [0.3, 0.4) is 0 Å². The lowest BCUT2D eigenvalue weighted by Crippen LogP contribution is -2.41. The first kappa shape index (κ1) is 17.1. The molecule has 2 aliphatic heterocycles. The molecule has 2 aliphatic rings. The average Bonchev–Trinajstić information content (AvgIpc) is 3.24. The van der Waals surface area contributed by atoms with Crippen molar-refractivity contribution in [3.05, 3.63) is 29.8 Å². The highest BCUT2D eigenvalue weighted by Crippen LogP contribution is 2.38. The minimum Gasteiger partial charge on any atom is -0.497 e. The van der Waals surface area contributed by atoms with Gasteiger partial charge in [-0.2, -0.15) is 0 Å². The molecule has 0 aliphatic carbocycles. The number of guanidine groups is 1. The highest BCUT2D eigenvalue weighted by Gasteiger charge is 2.42. The third-order valence-electron chi connectivity index (χ3n) is 5.05. The zero-order chi connectivity index (χ0) is 16.8. The quantitative estimate of drug-likeness (QED) is 0.664. The molecule has 2 saturated heterocycles. The van der Waals surface area contributed by atoms with E-state index in [1.54, 1.807) is 7.11 Å². The van der Waals surface area contributed by atoms with E-state index in [4.69, 9.17) is 14.5 Å². The Bertz CT molecular complexity index is 567. The van der Waals surface area contributed by atoms with Gasteiger partial charge in [-0.1, -0.05) is 12.1 Å². The summed E-state index contributed by atoms with van der Waals surface area (Å²) in [5.74, 6) is 1.95. The Morgan fingerprint density at radius 2 is 2.33 bits per heavy atom. The highest BCUT2D eigenvalue weighted by molar-refractivity contribution is 5.80. The molecule has 0 amide bonds. The Kier molecular flexibility index (Phi) is 5.61. The third-order valence-corrected chi connectivity index (χ3v) is 5.05. The Morgan fingerprint density at radius 3 is 3.08 bits per heavy atom. The molecular weight excluding hydrogens is 302 g/mol. The maximum atomic E-state index is 5.63. The van der Waals surface area contributed by atoms with E-state index in [1.807, 2.05) is 12.1 Å². The van der Waals surface area contributed by atoms with Crippen molar-refractivity contribution in [2.45, 2.75) is 26.2 Å². The normalized spacial score (nSPS) is 23.9. The van der Waals surface area contributed by atoms with Crippen molar-refractivity contribution in [2.24, 2.45) is 10.4 Å². The lowest BCUT2D eigenvalue weighted by atomic mass is 9.87. The number of ether oxygens (including phenoxy) is 2. The fraction of sp³-hybridized carbons (Fsp3) is 0.632. The number of rotatable bonds is 5. The summed E-state index contributed by atoms with van der Waals surface area (Å²) in [6.45, 7) is 7.78. The summed E-state index contributed by atoms with van der Waals surface area (Å²) >= 11 is 0. The molecule has 2 fully saturated rings. The maximum absolute atomic E-state index is 5.63. The Labute approximate surface area is 145 Å². The number of nitrogens with one attached hydrogen (secondary N) is 1. The van der Waals surface area contributed by atoms with Crippen LogP contribution >= 0.6 is 0 Å². The lowest BCUT2D eigenvalue weighted by molar-refractivity contribution is 0.156. The van der Waals surface area contributed by atoms with Crippen LogP contribution < -0.4 is 10.1 Å². The van der Waals surface area contributed by atoms with Crippen LogP contribution in [0.4, 0.5) is 0 Å². The second-order valence-electron chi connectivity index (χ2n) is 6.81. The maximum Gasteiger partial charge on any atom is 0.193 e. The van der Waals surface area contributed by atoms with Crippen LogP contribution in [0.2, 0.25) is 0 Å². The molecule has 0 bridgehead atoms. The highest BCUT2D eigenvalue weighted by atomic mass is 16.5. The molecule has 1 N–H and O–H groups in total. The minimum atomic E-state index is 0.364. The van der Waals surface area contributed by atoms with Crippen molar-refractivity contribution in [1.29, 1.82) is 0 Å². The summed E-state index contributed by atoms with van der Waals surface area (Å²) in [4.78, 5) is 7.26. The third kappa shape index (κ3) is 4.01. The van der Waals surface area contributed by atoms with Crippen molar-refractivity contribution < 1.29 is 9.47 Å². The number of benzene rings is 1. The van der Waals surface area contributed by atoms with Gasteiger partial charge >= 0.3 is 0 Å². The Balaban J connectivity index is 1.59. The molecule has 1 spiro atoms. The predicted molar refractivity (Wildman–Crippen MR) is 96.7 cm³/mol. The summed E-state index contributed by atoms with van der Waals surface area (Å²) in [6.07, 6.45) is 3.33. The summed E-state index contributed by atoms with van der Waals surface area (Å²) in [6, 6.07) is 8.23. The van der Waals surface area contributed by atoms with E-state index >= 15 is 0 Å². The van der Waals surface area contributed by atoms with Crippen LogP contribution in [0.5, 0.6) is 5.75 Å². The van der Waals surface area contributed by atoms with Crippen molar-refractivity contribution in [3.8, 4) is 5.75 Å². The van der Waals surface area contributed by atoms with Crippen LogP contribution in [0.25, 0.3) is 0 Å². The van der Waals surface area contributed by atoms with Crippen molar-refractivity contribution >= 4 is 5.96 Å². The number of methoxy groups -OCH3 is 1. The van der Waals surface area contributed by atoms with Crippen LogP contribution in [0, 0.1) is 5.41 Å². The standard InChI is InChI=1S/C19H29N3O2/c1-3-20-18(22-11-8-19(14-22)9-12-24-15-19)21-10-7-16-5-4-6-17(13-16)23-2/h4-6,13H,3,7-12,14-15H2,1-2H3,(H,20,21). The van der Waals surface area contributed by atoms with Gasteiger partial charge in [-0.25, -0.2) is 0 Å². The molecule has 2 heterocycles.